The normalized spacial score (nSPS) is 11.7. The van der Waals surface area contributed by atoms with Crippen molar-refractivity contribution in [3.05, 3.63) is 362 Å². The summed E-state index contributed by atoms with van der Waals surface area (Å²) in [5.74, 6) is 4.04. The summed E-state index contributed by atoms with van der Waals surface area (Å²) in [7, 11) is 0. The molecule has 20 rings (SSSR count). The maximum Gasteiger partial charge on any atom is 0.417 e. The average Bonchev–Trinajstić information content (AvgIpc) is 1.59. The molecular weight excluding hydrogens is 1510 g/mol. The highest BCUT2D eigenvalue weighted by Crippen LogP contribution is 2.48. The lowest BCUT2D eigenvalue weighted by molar-refractivity contribution is -0.142. The van der Waals surface area contributed by atoms with Crippen molar-refractivity contribution in [3.8, 4) is 165 Å². The number of hydrogen-bond acceptors (Lipinski definition) is 13. The number of nitriles is 1. The lowest BCUT2D eigenvalue weighted by Gasteiger charge is -2.22. The van der Waals surface area contributed by atoms with Crippen LogP contribution in [0.5, 0.6) is 0 Å². The molecule has 15 nitrogen and oxygen atoms in total. The van der Waals surface area contributed by atoms with E-state index in [1.807, 2.05) is 325 Å². The van der Waals surface area contributed by atoms with Crippen LogP contribution in [0.4, 0.5) is 26.3 Å². The Morgan fingerprint density at radius 3 is 0.658 bits per heavy atom. The molecule has 0 aliphatic heterocycles. The second-order valence-corrected chi connectivity index (χ2v) is 28.5. The minimum atomic E-state index is -5.41. The summed E-state index contributed by atoms with van der Waals surface area (Å²) in [5.41, 5.74) is 5.25. The minimum Gasteiger partial charge on any atom is -0.307 e. The molecule has 0 aliphatic carbocycles. The monoisotopic (exact) mass is 1570 g/mol. The van der Waals surface area contributed by atoms with Gasteiger partial charge in [0.2, 0.25) is 0 Å². The Morgan fingerprint density at radius 1 is 0.217 bits per heavy atom. The summed E-state index contributed by atoms with van der Waals surface area (Å²) in [4.78, 5) is 61.7. The first-order valence-corrected chi connectivity index (χ1v) is 38.2. The lowest BCUT2D eigenvalue weighted by Crippen LogP contribution is -2.13. The van der Waals surface area contributed by atoms with Gasteiger partial charge in [-0.15, -0.1) is 0 Å². The van der Waals surface area contributed by atoms with E-state index in [9.17, 15) is 18.4 Å². The average molecular weight is 1570 g/mol. The highest BCUT2D eigenvalue weighted by atomic mass is 19.4. The highest BCUT2D eigenvalue weighted by Gasteiger charge is 2.40. The smallest absolute Gasteiger partial charge is 0.307 e. The Labute approximate surface area is 680 Å². The molecule has 0 aliphatic rings. The van der Waals surface area contributed by atoms with E-state index in [-0.39, 0.29) is 51.9 Å². The van der Waals surface area contributed by atoms with Crippen molar-refractivity contribution in [2.45, 2.75) is 12.4 Å². The molecule has 0 fully saturated rings. The summed E-state index contributed by atoms with van der Waals surface area (Å²) in [6.07, 6.45) is -10.6. The fourth-order valence-corrected chi connectivity index (χ4v) is 15.3. The molecule has 20 aromatic rings. The first-order chi connectivity index (χ1) is 58.7. The number of benzene rings is 14. The standard InChI is InChI=1S/C99H57F6N15/c100-98(101,102)72-45-50-73(79(56-72)99(103,104)105)78-57-85(120-82-53-69(96-115-90(63-33-17-5-18-34-63)109-91(116-96)64-35-19-6-20-36-64)43-48-76(82)77-49-44-70(54-83(77)120)97-117-92(65-37-21-7-22-38-65)110-93(118-97)66-39-23-8-24-40-66)84(55-71(78)58-106)119-80-51-67(94-111-86(59-25-9-1-10-26-59)107-87(112-94)60-27-11-2-12-28-60)41-46-74(80)75-47-42-68(52-81(75)119)95-113-88(61-29-13-3-14-30-61)108-89(114-95)62-31-15-4-16-32-62/h1-57H. The van der Waals surface area contributed by atoms with E-state index in [0.29, 0.717) is 163 Å². The van der Waals surface area contributed by atoms with E-state index in [2.05, 4.69) is 6.07 Å². The first kappa shape index (κ1) is 72.7. The van der Waals surface area contributed by atoms with Gasteiger partial charge in [0.05, 0.1) is 56.2 Å². The van der Waals surface area contributed by atoms with Crippen LogP contribution in [0.15, 0.2) is 346 Å². The van der Waals surface area contributed by atoms with E-state index < -0.39 is 29.0 Å². The molecule has 0 saturated carbocycles. The predicted octanol–water partition coefficient (Wildman–Crippen LogP) is 24.2. The summed E-state index contributed by atoms with van der Waals surface area (Å²) < 4.78 is 97.6. The Morgan fingerprint density at radius 2 is 0.442 bits per heavy atom. The Kier molecular flexibility index (Phi) is 18.1. The number of fused-ring (bicyclic) bond motifs is 6. The van der Waals surface area contributed by atoms with Crippen molar-refractivity contribution < 1.29 is 26.3 Å². The van der Waals surface area contributed by atoms with Crippen LogP contribution in [0, 0.1) is 11.3 Å². The number of hydrogen-bond donors (Lipinski definition) is 0. The van der Waals surface area contributed by atoms with Gasteiger partial charge in [0, 0.05) is 93.9 Å². The van der Waals surface area contributed by atoms with Crippen molar-refractivity contribution in [2.24, 2.45) is 0 Å². The van der Waals surface area contributed by atoms with Gasteiger partial charge in [-0.1, -0.05) is 297 Å². The zero-order valence-corrected chi connectivity index (χ0v) is 62.9. The molecule has 0 unspecified atom stereocenters. The molecule has 0 N–H and O–H groups in total. The third kappa shape index (κ3) is 13.7. The van der Waals surface area contributed by atoms with Gasteiger partial charge in [-0.3, -0.25) is 0 Å². The van der Waals surface area contributed by atoms with Crippen molar-refractivity contribution in [1.29, 1.82) is 5.26 Å². The summed E-state index contributed by atoms with van der Waals surface area (Å²) in [6.45, 7) is 0. The number of alkyl halides is 6. The number of halogens is 6. The Hall–Kier alpha value is -16.2. The topological polar surface area (TPSA) is 188 Å². The van der Waals surface area contributed by atoms with E-state index in [1.54, 1.807) is 0 Å². The second-order valence-electron chi connectivity index (χ2n) is 28.5. The Balaban J connectivity index is 0.936. The third-order valence-electron chi connectivity index (χ3n) is 21.0. The van der Waals surface area contributed by atoms with Gasteiger partial charge in [0.15, 0.2) is 69.9 Å². The van der Waals surface area contributed by atoms with E-state index in [0.717, 1.165) is 6.07 Å². The zero-order valence-electron chi connectivity index (χ0n) is 62.9. The molecule has 6 aromatic heterocycles. The van der Waals surface area contributed by atoms with Crippen LogP contribution in [0.2, 0.25) is 0 Å². The van der Waals surface area contributed by atoms with Crippen molar-refractivity contribution in [1.82, 2.24) is 68.9 Å². The van der Waals surface area contributed by atoms with Crippen LogP contribution in [0.1, 0.15) is 16.7 Å². The van der Waals surface area contributed by atoms with E-state index in [4.69, 9.17) is 59.8 Å². The molecule has 6 heterocycles. The molecule has 0 saturated heterocycles. The van der Waals surface area contributed by atoms with Crippen LogP contribution in [-0.2, 0) is 12.4 Å². The van der Waals surface area contributed by atoms with Crippen molar-refractivity contribution in [3.63, 3.8) is 0 Å². The van der Waals surface area contributed by atoms with Gasteiger partial charge in [-0.05, 0) is 54.1 Å². The third-order valence-corrected chi connectivity index (χ3v) is 21.0. The van der Waals surface area contributed by atoms with Gasteiger partial charge >= 0.3 is 12.4 Å². The maximum absolute atomic E-state index is 16.3. The molecule has 0 radical (unpaired) electrons. The van der Waals surface area contributed by atoms with Gasteiger partial charge < -0.3 is 9.13 Å². The van der Waals surface area contributed by atoms with Crippen molar-refractivity contribution >= 4 is 43.6 Å². The van der Waals surface area contributed by atoms with E-state index in [1.165, 1.54) is 12.1 Å². The van der Waals surface area contributed by atoms with Gasteiger partial charge in [-0.25, -0.2) is 59.8 Å². The number of nitrogens with zero attached hydrogens (tertiary/aromatic N) is 15. The van der Waals surface area contributed by atoms with Crippen LogP contribution in [0.3, 0.4) is 0 Å². The van der Waals surface area contributed by atoms with Gasteiger partial charge in [-0.2, -0.15) is 31.6 Å². The summed E-state index contributed by atoms with van der Waals surface area (Å²) >= 11 is 0. The van der Waals surface area contributed by atoms with Gasteiger partial charge in [0.25, 0.3) is 0 Å². The Bertz CT molecular complexity index is 6820. The molecule has 21 heteroatoms. The zero-order chi connectivity index (χ0) is 81.2. The van der Waals surface area contributed by atoms with Crippen LogP contribution >= 0.6 is 0 Å². The van der Waals surface area contributed by atoms with Crippen LogP contribution in [0.25, 0.3) is 203 Å². The fourth-order valence-electron chi connectivity index (χ4n) is 15.3. The molecule has 120 heavy (non-hydrogen) atoms. The summed E-state index contributed by atoms with van der Waals surface area (Å²) in [5, 5.41) is 14.5. The molecule has 0 amide bonds. The van der Waals surface area contributed by atoms with Crippen LogP contribution < -0.4 is 0 Å². The van der Waals surface area contributed by atoms with E-state index >= 15 is 13.2 Å². The van der Waals surface area contributed by atoms with Crippen LogP contribution in [-0.4, -0.2) is 68.9 Å². The maximum atomic E-state index is 16.3. The summed E-state index contributed by atoms with van der Waals surface area (Å²) in [6, 6.07) is 106. The molecule has 570 valence electrons. The molecule has 0 spiro atoms. The SMILES string of the molecule is N#Cc1cc(-n2c3cc(-c4nc(-c5ccccc5)nc(-c5ccccc5)n4)ccc3c3ccc(-c4nc(-c5ccccc5)nc(-c5ccccc5)n4)cc32)c(-n2c3cc(-c4nc(-c5ccccc5)nc(-c5ccccc5)n4)ccc3c3ccc(-c4nc(-c5ccccc5)nc(-c5ccccc5)n4)cc32)cc1-c1ccc(C(F)(F)F)cc1C(F)(F)F. The fraction of sp³-hybridized carbons (Fsp3) is 0.0202. The number of rotatable bonds is 15. The lowest BCUT2D eigenvalue weighted by atomic mass is 9.92. The molecule has 14 aromatic carbocycles. The first-order valence-electron chi connectivity index (χ1n) is 38.2. The van der Waals surface area contributed by atoms with Gasteiger partial charge in [0.1, 0.15) is 0 Å². The van der Waals surface area contributed by atoms with Crippen molar-refractivity contribution in [2.75, 3.05) is 0 Å². The predicted molar refractivity (Wildman–Crippen MR) is 454 cm³/mol. The molecular formula is C99H57F6N15. The largest absolute Gasteiger partial charge is 0.417 e. The highest BCUT2D eigenvalue weighted by molar-refractivity contribution is 6.14. The quantitative estimate of drug-likeness (QED) is 0.0883. The number of aromatic nitrogens is 14. The second kappa shape index (κ2) is 29.9. The molecule has 0 bridgehead atoms. The minimum absolute atomic E-state index is 0.0878. The molecule has 0 atom stereocenters.